The van der Waals surface area contributed by atoms with Gasteiger partial charge in [-0.2, -0.15) is 0 Å². The lowest BCUT2D eigenvalue weighted by Gasteiger charge is -2.18. The van der Waals surface area contributed by atoms with Crippen LogP contribution in [0.25, 0.3) is 0 Å². The molecule has 2 N–H and O–H groups in total. The average molecular weight is 386 g/mol. The van der Waals surface area contributed by atoms with Gasteiger partial charge in [-0.25, -0.2) is 0 Å². The minimum Gasteiger partial charge on any atom is -0.350 e. The van der Waals surface area contributed by atoms with Crippen LogP contribution in [0.3, 0.4) is 0 Å². The van der Waals surface area contributed by atoms with Crippen LogP contribution in [0.1, 0.15) is 34.6 Å². The van der Waals surface area contributed by atoms with Crippen LogP contribution in [0.2, 0.25) is 0 Å². The molecule has 0 spiro atoms. The Labute approximate surface area is 172 Å². The fourth-order valence-corrected chi connectivity index (χ4v) is 3.30. The molecule has 0 aromatic heterocycles. The molecule has 3 aromatic rings. The van der Waals surface area contributed by atoms with Crippen molar-refractivity contribution in [3.05, 3.63) is 107 Å². The van der Waals surface area contributed by atoms with Crippen LogP contribution in [0.5, 0.6) is 0 Å². The molecule has 0 aliphatic carbocycles. The first-order chi connectivity index (χ1) is 14.1. The summed E-state index contributed by atoms with van der Waals surface area (Å²) >= 11 is 0. The van der Waals surface area contributed by atoms with Crippen molar-refractivity contribution in [1.29, 1.82) is 0 Å². The Kier molecular flexibility index (Phi) is 7.17. The topological polar surface area (TPSA) is 58.2 Å². The SMILES string of the molecule is Cc1ccccc1CNC(=O)CNC(=O)CC(c1ccccc1)c1ccccc1. The van der Waals surface area contributed by atoms with Crippen LogP contribution in [-0.4, -0.2) is 18.4 Å². The molecular formula is C25H26N2O2. The Morgan fingerprint density at radius 1 is 0.724 bits per heavy atom. The predicted octanol–water partition coefficient (Wildman–Crippen LogP) is 3.95. The van der Waals surface area contributed by atoms with E-state index in [2.05, 4.69) is 10.6 Å². The van der Waals surface area contributed by atoms with E-state index in [4.69, 9.17) is 0 Å². The van der Waals surface area contributed by atoms with Crippen LogP contribution >= 0.6 is 0 Å². The maximum absolute atomic E-state index is 12.5. The van der Waals surface area contributed by atoms with E-state index in [9.17, 15) is 9.59 Å². The standard InChI is InChI=1S/C25H26N2O2/c1-19-10-8-9-15-22(19)17-26-25(29)18-27-24(28)16-23(20-11-4-2-5-12-20)21-13-6-3-7-14-21/h2-15,23H,16-18H2,1H3,(H,26,29)(H,27,28). The van der Waals surface area contributed by atoms with E-state index in [0.29, 0.717) is 13.0 Å². The second kappa shape index (κ2) is 10.2. The predicted molar refractivity (Wildman–Crippen MR) is 115 cm³/mol. The molecule has 3 aromatic carbocycles. The average Bonchev–Trinajstić information content (AvgIpc) is 2.76. The van der Waals surface area contributed by atoms with Gasteiger partial charge < -0.3 is 10.6 Å². The quantitative estimate of drug-likeness (QED) is 0.616. The summed E-state index contributed by atoms with van der Waals surface area (Å²) in [5.74, 6) is -0.390. The number of benzene rings is 3. The van der Waals surface area contributed by atoms with E-state index in [1.807, 2.05) is 91.9 Å². The van der Waals surface area contributed by atoms with Crippen molar-refractivity contribution in [3.8, 4) is 0 Å². The molecule has 2 amide bonds. The molecule has 0 fully saturated rings. The number of hydrogen-bond acceptors (Lipinski definition) is 2. The summed E-state index contributed by atoms with van der Waals surface area (Å²) in [6, 6.07) is 27.8. The highest BCUT2D eigenvalue weighted by Crippen LogP contribution is 2.27. The van der Waals surface area contributed by atoms with E-state index in [1.54, 1.807) is 0 Å². The molecule has 0 saturated heterocycles. The highest BCUT2D eigenvalue weighted by atomic mass is 16.2. The van der Waals surface area contributed by atoms with Crippen LogP contribution < -0.4 is 10.6 Å². The summed E-state index contributed by atoms with van der Waals surface area (Å²) in [7, 11) is 0. The van der Waals surface area contributed by atoms with Crippen molar-refractivity contribution in [1.82, 2.24) is 10.6 Å². The third-order valence-electron chi connectivity index (χ3n) is 4.98. The lowest BCUT2D eigenvalue weighted by Crippen LogP contribution is -2.37. The Bertz CT molecular complexity index is 900. The molecule has 0 saturated carbocycles. The van der Waals surface area contributed by atoms with Crippen LogP contribution in [0.15, 0.2) is 84.9 Å². The van der Waals surface area contributed by atoms with E-state index in [1.165, 1.54) is 0 Å². The van der Waals surface area contributed by atoms with Gasteiger partial charge in [-0.05, 0) is 29.2 Å². The smallest absolute Gasteiger partial charge is 0.239 e. The van der Waals surface area contributed by atoms with E-state index in [0.717, 1.165) is 22.3 Å². The van der Waals surface area contributed by atoms with E-state index < -0.39 is 0 Å². The number of nitrogens with one attached hydrogen (secondary N) is 2. The van der Waals surface area contributed by atoms with Gasteiger partial charge in [0.15, 0.2) is 0 Å². The highest BCUT2D eigenvalue weighted by Gasteiger charge is 2.18. The molecule has 0 bridgehead atoms. The van der Waals surface area contributed by atoms with Gasteiger partial charge in [0.1, 0.15) is 0 Å². The molecule has 4 nitrogen and oxygen atoms in total. The highest BCUT2D eigenvalue weighted by molar-refractivity contribution is 5.85. The van der Waals surface area contributed by atoms with Crippen molar-refractivity contribution in [2.45, 2.75) is 25.8 Å². The Morgan fingerprint density at radius 3 is 1.86 bits per heavy atom. The summed E-state index contributed by atoms with van der Waals surface area (Å²) in [4.78, 5) is 24.7. The number of carbonyl (C=O) groups excluding carboxylic acids is 2. The summed E-state index contributed by atoms with van der Waals surface area (Å²) in [6.07, 6.45) is 0.291. The second-order valence-corrected chi connectivity index (χ2v) is 7.06. The number of amides is 2. The maximum atomic E-state index is 12.5. The van der Waals surface area contributed by atoms with Crippen molar-refractivity contribution in [3.63, 3.8) is 0 Å². The maximum Gasteiger partial charge on any atom is 0.239 e. The minimum atomic E-state index is -0.197. The zero-order chi connectivity index (χ0) is 20.5. The molecule has 3 rings (SSSR count). The van der Waals surface area contributed by atoms with Gasteiger partial charge in [-0.1, -0.05) is 84.9 Å². The normalized spacial score (nSPS) is 10.6. The summed E-state index contributed by atoms with van der Waals surface area (Å²) in [5.41, 5.74) is 4.36. The first-order valence-corrected chi connectivity index (χ1v) is 9.81. The van der Waals surface area contributed by atoms with Gasteiger partial charge in [-0.3, -0.25) is 9.59 Å². The van der Waals surface area contributed by atoms with Gasteiger partial charge in [0.25, 0.3) is 0 Å². The third kappa shape index (κ3) is 6.04. The zero-order valence-corrected chi connectivity index (χ0v) is 16.6. The van der Waals surface area contributed by atoms with Crippen molar-refractivity contribution < 1.29 is 9.59 Å². The van der Waals surface area contributed by atoms with Gasteiger partial charge in [0.2, 0.25) is 11.8 Å². The zero-order valence-electron chi connectivity index (χ0n) is 16.6. The fraction of sp³-hybridized carbons (Fsp3) is 0.200. The van der Waals surface area contributed by atoms with Crippen molar-refractivity contribution in [2.24, 2.45) is 0 Å². The number of carbonyl (C=O) groups is 2. The number of rotatable bonds is 8. The van der Waals surface area contributed by atoms with Gasteiger partial charge in [-0.15, -0.1) is 0 Å². The summed E-state index contributed by atoms with van der Waals surface area (Å²) in [5, 5.41) is 5.61. The molecule has 148 valence electrons. The van der Waals surface area contributed by atoms with Crippen molar-refractivity contribution in [2.75, 3.05) is 6.54 Å². The van der Waals surface area contributed by atoms with Gasteiger partial charge in [0.05, 0.1) is 6.54 Å². The first-order valence-electron chi connectivity index (χ1n) is 9.81. The summed E-state index contributed by atoms with van der Waals surface area (Å²) < 4.78 is 0. The lowest BCUT2D eigenvalue weighted by atomic mass is 9.88. The molecule has 0 aliphatic heterocycles. The van der Waals surface area contributed by atoms with Crippen LogP contribution in [0, 0.1) is 6.92 Å². The minimum absolute atomic E-state index is 0.0268. The molecule has 4 heteroatoms. The van der Waals surface area contributed by atoms with Gasteiger partial charge in [0, 0.05) is 18.9 Å². The lowest BCUT2D eigenvalue weighted by molar-refractivity contribution is -0.126. The van der Waals surface area contributed by atoms with Crippen LogP contribution in [0.4, 0.5) is 0 Å². The Hall–Kier alpha value is -3.40. The van der Waals surface area contributed by atoms with E-state index in [-0.39, 0.29) is 24.3 Å². The molecule has 0 heterocycles. The van der Waals surface area contributed by atoms with Gasteiger partial charge >= 0.3 is 0 Å². The van der Waals surface area contributed by atoms with Crippen LogP contribution in [-0.2, 0) is 16.1 Å². The molecule has 0 aliphatic rings. The van der Waals surface area contributed by atoms with Crippen molar-refractivity contribution >= 4 is 11.8 Å². The molecule has 29 heavy (non-hydrogen) atoms. The molecule has 0 unspecified atom stereocenters. The second-order valence-electron chi connectivity index (χ2n) is 7.06. The van der Waals surface area contributed by atoms with E-state index >= 15 is 0 Å². The number of hydrogen-bond donors (Lipinski definition) is 2. The Balaban J connectivity index is 1.55. The number of aryl methyl sites for hydroxylation is 1. The third-order valence-corrected chi connectivity index (χ3v) is 4.98. The first kappa shape index (κ1) is 20.3. The molecule has 0 atom stereocenters. The summed E-state index contributed by atoms with van der Waals surface area (Å²) in [6.45, 7) is 2.44. The fourth-order valence-electron chi connectivity index (χ4n) is 3.30. The molecular weight excluding hydrogens is 360 g/mol. The largest absolute Gasteiger partial charge is 0.350 e. The Morgan fingerprint density at radius 2 is 1.28 bits per heavy atom. The monoisotopic (exact) mass is 386 g/mol. The molecule has 0 radical (unpaired) electrons.